The van der Waals surface area contributed by atoms with Crippen LogP contribution in [-0.2, 0) is 7.05 Å². The van der Waals surface area contributed by atoms with Crippen LogP contribution in [0.1, 0.15) is 6.92 Å². The van der Waals surface area contributed by atoms with Gasteiger partial charge in [0.25, 0.3) is 0 Å². The van der Waals surface area contributed by atoms with Crippen molar-refractivity contribution < 1.29 is 0 Å². The van der Waals surface area contributed by atoms with Crippen LogP contribution >= 0.6 is 11.8 Å². The lowest BCUT2D eigenvalue weighted by Crippen LogP contribution is -2.02. The number of anilines is 1. The lowest BCUT2D eigenvalue weighted by molar-refractivity contribution is 0.788. The van der Waals surface area contributed by atoms with Crippen LogP contribution in [0.2, 0.25) is 0 Å². The Morgan fingerprint density at radius 3 is 2.94 bits per heavy atom. The van der Waals surface area contributed by atoms with Crippen LogP contribution in [0.3, 0.4) is 0 Å². The zero-order valence-electron chi connectivity index (χ0n) is 9.21. The van der Waals surface area contributed by atoms with E-state index in [2.05, 4.69) is 20.3 Å². The molecule has 5 nitrogen and oxygen atoms in total. The lowest BCUT2D eigenvalue weighted by Gasteiger charge is -2.03. The van der Waals surface area contributed by atoms with Crippen LogP contribution in [-0.4, -0.2) is 26.1 Å². The van der Waals surface area contributed by atoms with Gasteiger partial charge in [-0.1, -0.05) is 0 Å². The van der Waals surface area contributed by atoms with Gasteiger partial charge in [0.2, 0.25) is 5.95 Å². The molecule has 2 aromatic heterocycles. The predicted molar refractivity (Wildman–Crippen MR) is 63.5 cm³/mol. The third-order valence-electron chi connectivity index (χ3n) is 1.94. The minimum Gasteiger partial charge on any atom is -0.354 e. The van der Waals surface area contributed by atoms with Crippen molar-refractivity contribution >= 4 is 17.7 Å². The third-order valence-corrected chi connectivity index (χ3v) is 2.95. The molecule has 0 saturated heterocycles. The highest BCUT2D eigenvalue weighted by Crippen LogP contribution is 2.23. The summed E-state index contributed by atoms with van der Waals surface area (Å²) in [6.45, 7) is 2.83. The van der Waals surface area contributed by atoms with Crippen LogP contribution in [0.5, 0.6) is 0 Å². The minimum atomic E-state index is 0.654. The van der Waals surface area contributed by atoms with E-state index in [4.69, 9.17) is 0 Å². The van der Waals surface area contributed by atoms with E-state index in [-0.39, 0.29) is 0 Å². The molecule has 0 aliphatic heterocycles. The largest absolute Gasteiger partial charge is 0.354 e. The Morgan fingerprint density at radius 1 is 1.38 bits per heavy atom. The monoisotopic (exact) mass is 235 g/mol. The molecule has 84 valence electrons. The normalized spacial score (nSPS) is 10.4. The maximum Gasteiger partial charge on any atom is 0.223 e. The van der Waals surface area contributed by atoms with Gasteiger partial charge in [-0.3, -0.25) is 0 Å². The van der Waals surface area contributed by atoms with E-state index in [9.17, 15) is 0 Å². The summed E-state index contributed by atoms with van der Waals surface area (Å²) >= 11 is 1.52. The SMILES string of the molecule is CCNc1nccc(Sc2nccn2C)n1. The van der Waals surface area contributed by atoms with E-state index in [0.29, 0.717) is 5.95 Å². The van der Waals surface area contributed by atoms with E-state index in [1.165, 1.54) is 11.8 Å². The van der Waals surface area contributed by atoms with Crippen molar-refractivity contribution in [2.24, 2.45) is 7.05 Å². The molecule has 0 spiro atoms. The van der Waals surface area contributed by atoms with Gasteiger partial charge in [-0.05, 0) is 24.8 Å². The number of imidazole rings is 1. The zero-order valence-corrected chi connectivity index (χ0v) is 10.0. The van der Waals surface area contributed by atoms with Crippen LogP contribution in [0, 0.1) is 0 Å². The Hall–Kier alpha value is -1.56. The minimum absolute atomic E-state index is 0.654. The van der Waals surface area contributed by atoms with Crippen LogP contribution in [0.15, 0.2) is 34.8 Å². The average molecular weight is 235 g/mol. The summed E-state index contributed by atoms with van der Waals surface area (Å²) in [6.07, 6.45) is 5.43. The smallest absolute Gasteiger partial charge is 0.223 e. The van der Waals surface area contributed by atoms with Gasteiger partial charge >= 0.3 is 0 Å². The first-order valence-corrected chi connectivity index (χ1v) is 5.83. The van der Waals surface area contributed by atoms with Crippen molar-refractivity contribution in [3.63, 3.8) is 0 Å². The maximum atomic E-state index is 4.37. The van der Waals surface area contributed by atoms with Gasteiger partial charge in [0.15, 0.2) is 5.16 Å². The van der Waals surface area contributed by atoms with Crippen molar-refractivity contribution in [3.05, 3.63) is 24.7 Å². The van der Waals surface area contributed by atoms with E-state index in [0.717, 1.165) is 16.7 Å². The number of aromatic nitrogens is 4. The number of rotatable bonds is 4. The second-order valence-electron chi connectivity index (χ2n) is 3.17. The van der Waals surface area contributed by atoms with Crippen molar-refractivity contribution in [1.82, 2.24) is 19.5 Å². The third kappa shape index (κ3) is 2.52. The fourth-order valence-electron chi connectivity index (χ4n) is 1.19. The molecule has 0 unspecified atom stereocenters. The van der Waals surface area contributed by atoms with Gasteiger partial charge in [-0.2, -0.15) is 0 Å². The molecule has 0 radical (unpaired) electrons. The van der Waals surface area contributed by atoms with Gasteiger partial charge < -0.3 is 9.88 Å². The summed E-state index contributed by atoms with van der Waals surface area (Å²) < 4.78 is 1.96. The molecule has 2 rings (SSSR count). The van der Waals surface area contributed by atoms with E-state index < -0.39 is 0 Å². The molecule has 16 heavy (non-hydrogen) atoms. The molecule has 0 aliphatic rings. The molecule has 1 N–H and O–H groups in total. The van der Waals surface area contributed by atoms with Crippen LogP contribution < -0.4 is 5.32 Å². The first-order valence-electron chi connectivity index (χ1n) is 5.01. The molecule has 0 atom stereocenters. The predicted octanol–water partition coefficient (Wildman–Crippen LogP) is 1.79. The Kier molecular flexibility index (Phi) is 3.40. The first kappa shape index (κ1) is 10.9. The molecular formula is C10H13N5S. The Morgan fingerprint density at radius 2 is 2.25 bits per heavy atom. The number of nitrogens with zero attached hydrogens (tertiary/aromatic N) is 4. The summed E-state index contributed by atoms with van der Waals surface area (Å²) in [5.41, 5.74) is 0. The Bertz CT molecular complexity index is 468. The average Bonchev–Trinajstić information content (AvgIpc) is 2.66. The van der Waals surface area contributed by atoms with Crippen molar-refractivity contribution in [2.75, 3.05) is 11.9 Å². The van der Waals surface area contributed by atoms with Gasteiger partial charge in [0.1, 0.15) is 5.03 Å². The molecule has 0 aliphatic carbocycles. The maximum absolute atomic E-state index is 4.37. The van der Waals surface area contributed by atoms with Crippen LogP contribution in [0.25, 0.3) is 0 Å². The molecular weight excluding hydrogens is 222 g/mol. The van der Waals surface area contributed by atoms with E-state index in [1.54, 1.807) is 12.4 Å². The quantitative estimate of drug-likeness (QED) is 0.819. The van der Waals surface area contributed by atoms with Gasteiger partial charge in [-0.25, -0.2) is 15.0 Å². The Balaban J connectivity index is 2.15. The molecule has 0 amide bonds. The standard InChI is InChI=1S/C10H13N5S/c1-3-11-9-12-5-4-8(14-9)16-10-13-6-7-15(10)2/h4-7H,3H2,1-2H3,(H,11,12,14). The summed E-state index contributed by atoms with van der Waals surface area (Å²) in [7, 11) is 1.96. The van der Waals surface area contributed by atoms with Gasteiger partial charge in [0, 0.05) is 32.2 Å². The molecule has 0 saturated carbocycles. The van der Waals surface area contributed by atoms with E-state index >= 15 is 0 Å². The highest BCUT2D eigenvalue weighted by molar-refractivity contribution is 7.99. The van der Waals surface area contributed by atoms with E-state index in [1.807, 2.05) is 30.8 Å². The first-order chi connectivity index (χ1) is 7.79. The second-order valence-corrected chi connectivity index (χ2v) is 4.16. The van der Waals surface area contributed by atoms with Gasteiger partial charge in [-0.15, -0.1) is 0 Å². The van der Waals surface area contributed by atoms with Crippen LogP contribution in [0.4, 0.5) is 5.95 Å². The highest BCUT2D eigenvalue weighted by Gasteiger charge is 2.04. The fourth-order valence-corrected chi connectivity index (χ4v) is 1.95. The topological polar surface area (TPSA) is 55.6 Å². The molecule has 2 aromatic rings. The molecule has 0 aromatic carbocycles. The fraction of sp³-hybridized carbons (Fsp3) is 0.300. The summed E-state index contributed by atoms with van der Waals surface area (Å²) in [4.78, 5) is 12.7. The lowest BCUT2D eigenvalue weighted by atomic mass is 10.6. The number of hydrogen-bond acceptors (Lipinski definition) is 5. The second kappa shape index (κ2) is 4.98. The summed E-state index contributed by atoms with van der Waals surface area (Å²) in [6, 6.07) is 1.88. The summed E-state index contributed by atoms with van der Waals surface area (Å²) in [5.74, 6) is 0.654. The number of hydrogen-bond donors (Lipinski definition) is 1. The number of aryl methyl sites for hydroxylation is 1. The number of nitrogens with one attached hydrogen (secondary N) is 1. The molecule has 0 fully saturated rings. The Labute approximate surface area is 98.3 Å². The molecule has 2 heterocycles. The van der Waals surface area contributed by atoms with Crippen molar-refractivity contribution in [1.29, 1.82) is 0 Å². The zero-order chi connectivity index (χ0) is 11.4. The van der Waals surface area contributed by atoms with Gasteiger partial charge in [0.05, 0.1) is 0 Å². The molecule has 6 heteroatoms. The van der Waals surface area contributed by atoms with Crippen molar-refractivity contribution in [2.45, 2.75) is 17.1 Å². The van der Waals surface area contributed by atoms with Crippen molar-refractivity contribution in [3.8, 4) is 0 Å². The summed E-state index contributed by atoms with van der Waals surface area (Å²) in [5, 5.41) is 4.89. The highest BCUT2D eigenvalue weighted by atomic mass is 32.2. The molecule has 0 bridgehead atoms.